The normalized spacial score (nSPS) is 17.9. The van der Waals surface area contributed by atoms with Crippen LogP contribution in [0.4, 0.5) is 5.69 Å². The number of para-hydroxylation sites is 1. The van der Waals surface area contributed by atoms with Gasteiger partial charge in [0.2, 0.25) is 5.91 Å². The molecule has 2 aliphatic rings. The maximum atomic E-state index is 12.8. The Morgan fingerprint density at radius 1 is 1.17 bits per heavy atom. The molecule has 5 nitrogen and oxygen atoms in total. The first-order valence-electron chi connectivity index (χ1n) is 8.05. The van der Waals surface area contributed by atoms with Crippen LogP contribution in [0.1, 0.15) is 29.6 Å². The van der Waals surface area contributed by atoms with Crippen molar-refractivity contribution in [2.24, 2.45) is 5.92 Å². The van der Waals surface area contributed by atoms with Gasteiger partial charge in [0.1, 0.15) is 0 Å². The molecule has 23 heavy (non-hydrogen) atoms. The van der Waals surface area contributed by atoms with Crippen molar-refractivity contribution in [2.75, 3.05) is 38.1 Å². The summed E-state index contributed by atoms with van der Waals surface area (Å²) < 4.78 is 0. The Balaban J connectivity index is 0.00000192. The number of carbonyl (C=O) groups is 2. The Kier molecular flexibility index (Phi) is 6.02. The van der Waals surface area contributed by atoms with Crippen molar-refractivity contribution in [2.45, 2.75) is 19.3 Å². The fraction of sp³-hybridized carbons (Fsp3) is 0.529. The first kappa shape index (κ1) is 17.8. The topological polar surface area (TPSA) is 52.7 Å². The van der Waals surface area contributed by atoms with Crippen LogP contribution in [0.5, 0.6) is 0 Å². The van der Waals surface area contributed by atoms with Gasteiger partial charge >= 0.3 is 0 Å². The molecule has 2 amide bonds. The first-order chi connectivity index (χ1) is 10.7. The number of halogens is 1. The molecule has 0 bridgehead atoms. The van der Waals surface area contributed by atoms with Crippen LogP contribution in [0.3, 0.4) is 0 Å². The molecule has 6 heteroatoms. The van der Waals surface area contributed by atoms with Crippen molar-refractivity contribution in [3.05, 3.63) is 29.8 Å². The SMILES string of the molecule is CN(C(=O)C1CC1)c1ccccc1C(=O)N1CCCNCC1.Cl. The summed E-state index contributed by atoms with van der Waals surface area (Å²) in [7, 11) is 1.77. The van der Waals surface area contributed by atoms with Crippen molar-refractivity contribution in [1.29, 1.82) is 0 Å². The van der Waals surface area contributed by atoms with E-state index in [1.54, 1.807) is 11.9 Å². The molecule has 1 saturated carbocycles. The largest absolute Gasteiger partial charge is 0.337 e. The van der Waals surface area contributed by atoms with Gasteiger partial charge in [0, 0.05) is 32.6 Å². The molecule has 1 N–H and O–H groups in total. The third-order valence-electron chi connectivity index (χ3n) is 4.38. The van der Waals surface area contributed by atoms with E-state index < -0.39 is 0 Å². The Bertz CT molecular complexity index is 567. The van der Waals surface area contributed by atoms with Crippen LogP contribution in [0.2, 0.25) is 0 Å². The third kappa shape index (κ3) is 4.03. The zero-order chi connectivity index (χ0) is 15.5. The van der Waals surface area contributed by atoms with E-state index in [9.17, 15) is 9.59 Å². The summed E-state index contributed by atoms with van der Waals surface area (Å²) in [5, 5.41) is 3.30. The number of nitrogens with zero attached hydrogens (tertiary/aromatic N) is 2. The van der Waals surface area contributed by atoms with Crippen molar-refractivity contribution < 1.29 is 9.59 Å². The second-order valence-corrected chi connectivity index (χ2v) is 6.08. The Morgan fingerprint density at radius 3 is 2.65 bits per heavy atom. The number of hydrogen-bond donors (Lipinski definition) is 1. The quantitative estimate of drug-likeness (QED) is 0.916. The lowest BCUT2D eigenvalue weighted by molar-refractivity contribution is -0.119. The standard InChI is InChI=1S/C17H23N3O2.ClH/c1-19(16(21)13-7-8-13)15-6-3-2-5-14(15)17(22)20-11-4-9-18-10-12-20;/h2-3,5-6,13,18H,4,7-12H2,1H3;1H. The Labute approximate surface area is 143 Å². The molecule has 2 fully saturated rings. The molecule has 3 rings (SSSR count). The van der Waals surface area contributed by atoms with Crippen molar-refractivity contribution in [1.82, 2.24) is 10.2 Å². The van der Waals surface area contributed by atoms with E-state index in [0.29, 0.717) is 12.1 Å². The number of nitrogens with one attached hydrogen (secondary N) is 1. The number of rotatable bonds is 3. The average molecular weight is 338 g/mol. The van der Waals surface area contributed by atoms with E-state index in [4.69, 9.17) is 0 Å². The minimum absolute atomic E-state index is 0. The summed E-state index contributed by atoms with van der Waals surface area (Å²) in [6.07, 6.45) is 2.90. The molecule has 0 atom stereocenters. The van der Waals surface area contributed by atoms with Crippen LogP contribution in [0.25, 0.3) is 0 Å². The Hall–Kier alpha value is -1.59. The highest BCUT2D eigenvalue weighted by atomic mass is 35.5. The maximum Gasteiger partial charge on any atom is 0.256 e. The fourth-order valence-electron chi connectivity index (χ4n) is 2.89. The van der Waals surface area contributed by atoms with Gasteiger partial charge in [-0.15, -0.1) is 12.4 Å². The van der Waals surface area contributed by atoms with Crippen LogP contribution in [-0.2, 0) is 4.79 Å². The van der Waals surface area contributed by atoms with Gasteiger partial charge < -0.3 is 15.1 Å². The Morgan fingerprint density at radius 2 is 1.91 bits per heavy atom. The predicted molar refractivity (Wildman–Crippen MR) is 93.2 cm³/mol. The van der Waals surface area contributed by atoms with Gasteiger partial charge in [0.25, 0.3) is 5.91 Å². The van der Waals surface area contributed by atoms with Crippen LogP contribution in [0.15, 0.2) is 24.3 Å². The highest BCUT2D eigenvalue weighted by Gasteiger charge is 2.33. The molecule has 0 aromatic heterocycles. The van der Waals surface area contributed by atoms with Crippen molar-refractivity contribution in [3.63, 3.8) is 0 Å². The molecular weight excluding hydrogens is 314 g/mol. The molecule has 126 valence electrons. The molecule has 1 aromatic rings. The molecule has 1 aromatic carbocycles. The first-order valence-corrected chi connectivity index (χ1v) is 8.05. The van der Waals surface area contributed by atoms with Gasteiger partial charge in [-0.3, -0.25) is 9.59 Å². The van der Waals surface area contributed by atoms with Crippen LogP contribution < -0.4 is 10.2 Å². The lowest BCUT2D eigenvalue weighted by Crippen LogP contribution is -2.36. The molecule has 1 aliphatic carbocycles. The molecule has 1 saturated heterocycles. The smallest absolute Gasteiger partial charge is 0.256 e. The summed E-state index contributed by atoms with van der Waals surface area (Å²) in [5.74, 6) is 0.295. The monoisotopic (exact) mass is 337 g/mol. The molecule has 1 heterocycles. The molecule has 0 spiro atoms. The number of benzene rings is 1. The van der Waals surface area contributed by atoms with Crippen LogP contribution >= 0.6 is 12.4 Å². The maximum absolute atomic E-state index is 12.8. The van der Waals surface area contributed by atoms with E-state index in [0.717, 1.165) is 44.6 Å². The second-order valence-electron chi connectivity index (χ2n) is 6.08. The lowest BCUT2D eigenvalue weighted by Gasteiger charge is -2.25. The molecule has 0 unspecified atom stereocenters. The van der Waals surface area contributed by atoms with Crippen molar-refractivity contribution in [3.8, 4) is 0 Å². The zero-order valence-corrected chi connectivity index (χ0v) is 14.3. The van der Waals surface area contributed by atoms with Gasteiger partial charge in [-0.05, 0) is 37.9 Å². The molecular formula is C17H24ClN3O2. The zero-order valence-electron chi connectivity index (χ0n) is 13.5. The number of anilines is 1. The van der Waals surface area contributed by atoms with Gasteiger partial charge in [0.05, 0.1) is 11.3 Å². The lowest BCUT2D eigenvalue weighted by atomic mass is 10.1. The number of carbonyl (C=O) groups excluding carboxylic acids is 2. The van der Waals surface area contributed by atoms with Gasteiger partial charge in [0.15, 0.2) is 0 Å². The highest BCUT2D eigenvalue weighted by Crippen LogP contribution is 2.33. The minimum Gasteiger partial charge on any atom is -0.337 e. The third-order valence-corrected chi connectivity index (χ3v) is 4.38. The summed E-state index contributed by atoms with van der Waals surface area (Å²) in [5.41, 5.74) is 1.35. The summed E-state index contributed by atoms with van der Waals surface area (Å²) in [4.78, 5) is 28.7. The van der Waals surface area contributed by atoms with E-state index in [-0.39, 0.29) is 30.1 Å². The summed E-state index contributed by atoms with van der Waals surface area (Å²) in [6.45, 7) is 3.25. The van der Waals surface area contributed by atoms with Gasteiger partial charge in [-0.25, -0.2) is 0 Å². The molecule has 0 radical (unpaired) electrons. The summed E-state index contributed by atoms with van der Waals surface area (Å²) >= 11 is 0. The van der Waals surface area contributed by atoms with E-state index in [2.05, 4.69) is 5.32 Å². The highest BCUT2D eigenvalue weighted by molar-refractivity contribution is 6.05. The predicted octanol–water partition coefficient (Wildman–Crippen LogP) is 1.92. The van der Waals surface area contributed by atoms with Gasteiger partial charge in [-0.1, -0.05) is 12.1 Å². The van der Waals surface area contributed by atoms with Gasteiger partial charge in [-0.2, -0.15) is 0 Å². The fourth-order valence-corrected chi connectivity index (χ4v) is 2.89. The number of hydrogen-bond acceptors (Lipinski definition) is 3. The second kappa shape index (κ2) is 7.79. The number of amides is 2. The minimum atomic E-state index is 0. The van der Waals surface area contributed by atoms with Crippen molar-refractivity contribution >= 4 is 29.9 Å². The average Bonchev–Trinajstić information content (AvgIpc) is 3.39. The van der Waals surface area contributed by atoms with E-state index >= 15 is 0 Å². The van der Waals surface area contributed by atoms with Crippen LogP contribution in [0, 0.1) is 5.92 Å². The summed E-state index contributed by atoms with van der Waals surface area (Å²) in [6, 6.07) is 7.44. The van der Waals surface area contributed by atoms with Crippen LogP contribution in [-0.4, -0.2) is 49.9 Å². The van der Waals surface area contributed by atoms with E-state index in [1.807, 2.05) is 29.2 Å². The van der Waals surface area contributed by atoms with E-state index in [1.165, 1.54) is 0 Å². The molecule has 1 aliphatic heterocycles.